The number of unbranched alkanes of at least 4 members (excludes halogenated alkanes) is 1. The molecule has 0 spiro atoms. The molecule has 1 atom stereocenters. The molecule has 0 saturated carbocycles. The second kappa shape index (κ2) is 15.6. The first-order chi connectivity index (χ1) is 26.6. The van der Waals surface area contributed by atoms with Crippen molar-refractivity contribution in [2.24, 2.45) is 0 Å². The zero-order chi connectivity index (χ0) is 38.6. The smallest absolute Gasteiger partial charge is 0.266 e. The largest absolute Gasteiger partial charge is 0.483 e. The van der Waals surface area contributed by atoms with E-state index in [1.54, 1.807) is 18.6 Å². The van der Waals surface area contributed by atoms with Crippen LogP contribution in [0, 0.1) is 13.8 Å². The lowest BCUT2D eigenvalue weighted by molar-refractivity contribution is -0.136. The van der Waals surface area contributed by atoms with Gasteiger partial charge in [0, 0.05) is 43.0 Å². The standard InChI is InChI=1S/C38H37N9O8/c1-21-32(22(2)55-45-21)23-8-10-24(11-9-23)34-35(46-17-16-39-18-28(46)43-34)42-19-30(49)40-14-3-4-15-41-31(50)20-54-27-7-5-6-25-33(27)38(53)47(37(25)52)26-12-13-29(48)44-36(26)51/h5-11,16-18,26,42H,3-4,12-15,19-20H2,1-2H3,(H,40,49)(H,41,50)(H,44,48,51). The summed E-state index contributed by atoms with van der Waals surface area (Å²) >= 11 is 0. The van der Waals surface area contributed by atoms with Crippen LogP contribution in [0.4, 0.5) is 5.82 Å². The summed E-state index contributed by atoms with van der Waals surface area (Å²) in [5.74, 6) is -1.81. The minimum Gasteiger partial charge on any atom is -0.483 e. The number of anilines is 1. The summed E-state index contributed by atoms with van der Waals surface area (Å²) in [6.45, 7) is 4.06. The fourth-order valence-electron chi connectivity index (χ4n) is 6.70. The molecule has 1 unspecified atom stereocenters. The Morgan fingerprint density at radius 2 is 1.69 bits per heavy atom. The van der Waals surface area contributed by atoms with Gasteiger partial charge in [-0.2, -0.15) is 0 Å². The van der Waals surface area contributed by atoms with Gasteiger partial charge in [0.05, 0.1) is 29.6 Å². The molecule has 2 aliphatic rings. The molecule has 0 bridgehead atoms. The van der Waals surface area contributed by atoms with Crippen LogP contribution in [0.1, 0.15) is 57.9 Å². The number of carbonyl (C=O) groups excluding carboxylic acids is 6. The number of imide groups is 2. The Bertz CT molecular complexity index is 2310. The third-order valence-corrected chi connectivity index (χ3v) is 9.36. The number of rotatable bonds is 14. The molecule has 1 fully saturated rings. The maximum Gasteiger partial charge on any atom is 0.266 e. The van der Waals surface area contributed by atoms with E-state index in [1.165, 1.54) is 18.2 Å². The average Bonchev–Trinajstić information content (AvgIpc) is 3.81. The van der Waals surface area contributed by atoms with E-state index in [9.17, 15) is 28.8 Å². The topological polar surface area (TPSA) is 219 Å². The Balaban J connectivity index is 0.855. The number of amides is 6. The van der Waals surface area contributed by atoms with Crippen molar-refractivity contribution >= 4 is 46.9 Å². The highest BCUT2D eigenvalue weighted by atomic mass is 16.5. The third kappa shape index (κ3) is 7.49. The predicted molar refractivity (Wildman–Crippen MR) is 196 cm³/mol. The zero-order valence-electron chi connectivity index (χ0n) is 30.0. The van der Waals surface area contributed by atoms with Gasteiger partial charge in [-0.25, -0.2) is 4.98 Å². The number of nitrogens with one attached hydrogen (secondary N) is 4. The summed E-state index contributed by atoms with van der Waals surface area (Å²) in [4.78, 5) is 85.2. The first-order valence-corrected chi connectivity index (χ1v) is 17.7. The first-order valence-electron chi connectivity index (χ1n) is 17.7. The molecule has 17 nitrogen and oxygen atoms in total. The van der Waals surface area contributed by atoms with Crippen molar-refractivity contribution in [2.75, 3.05) is 31.6 Å². The molecule has 5 heterocycles. The number of piperidine rings is 1. The molecule has 7 rings (SSSR count). The Morgan fingerprint density at radius 1 is 0.945 bits per heavy atom. The van der Waals surface area contributed by atoms with Gasteiger partial charge in [-0.15, -0.1) is 0 Å². The van der Waals surface area contributed by atoms with Crippen molar-refractivity contribution in [1.29, 1.82) is 0 Å². The number of hydrogen-bond acceptors (Lipinski definition) is 12. The van der Waals surface area contributed by atoms with Gasteiger partial charge in [0.2, 0.25) is 17.7 Å². The third-order valence-electron chi connectivity index (χ3n) is 9.36. The van der Waals surface area contributed by atoms with Crippen molar-refractivity contribution in [2.45, 2.75) is 45.6 Å². The number of fused-ring (bicyclic) bond motifs is 2. The van der Waals surface area contributed by atoms with Gasteiger partial charge in [-0.05, 0) is 50.8 Å². The number of hydrogen-bond donors (Lipinski definition) is 4. The van der Waals surface area contributed by atoms with Crippen LogP contribution >= 0.6 is 0 Å². The molecular weight excluding hydrogens is 710 g/mol. The van der Waals surface area contributed by atoms with Gasteiger partial charge in [-0.3, -0.25) is 48.4 Å². The van der Waals surface area contributed by atoms with Gasteiger partial charge in [-0.1, -0.05) is 35.5 Å². The molecule has 3 aromatic heterocycles. The van der Waals surface area contributed by atoms with Crippen LogP contribution in [0.25, 0.3) is 28.0 Å². The fraction of sp³-hybridized carbons (Fsp3) is 0.289. The second-order valence-electron chi connectivity index (χ2n) is 13.1. The van der Waals surface area contributed by atoms with E-state index < -0.39 is 42.2 Å². The molecule has 17 heteroatoms. The SMILES string of the molecule is Cc1noc(C)c1-c1ccc(-c2nc3cnccn3c2NCC(=O)NCCCCNC(=O)COc2cccc3c2C(=O)N(C2CCC(=O)NC2=O)C3=O)cc1. The van der Waals surface area contributed by atoms with Crippen molar-refractivity contribution < 1.29 is 38.0 Å². The number of aryl methyl sites for hydroxylation is 2. The average molecular weight is 748 g/mol. The molecule has 282 valence electrons. The molecule has 0 aliphatic carbocycles. The first kappa shape index (κ1) is 36.4. The van der Waals surface area contributed by atoms with E-state index in [0.29, 0.717) is 43.1 Å². The molecule has 0 radical (unpaired) electrons. The number of imidazole rings is 1. The molecule has 2 aliphatic heterocycles. The number of nitrogens with zero attached hydrogens (tertiary/aromatic N) is 5. The van der Waals surface area contributed by atoms with E-state index in [-0.39, 0.29) is 42.2 Å². The highest BCUT2D eigenvalue weighted by molar-refractivity contribution is 6.24. The molecule has 1 saturated heterocycles. The van der Waals surface area contributed by atoms with Gasteiger partial charge in [0.25, 0.3) is 17.7 Å². The number of ether oxygens (including phenoxy) is 1. The maximum absolute atomic E-state index is 13.2. The van der Waals surface area contributed by atoms with E-state index in [2.05, 4.69) is 31.4 Å². The number of benzene rings is 2. The normalized spacial score (nSPS) is 15.2. The minimum atomic E-state index is -1.11. The molecule has 5 aromatic rings. The van der Waals surface area contributed by atoms with E-state index >= 15 is 0 Å². The van der Waals surface area contributed by atoms with E-state index in [0.717, 1.165) is 33.0 Å². The van der Waals surface area contributed by atoms with Crippen LogP contribution in [0.5, 0.6) is 5.75 Å². The lowest BCUT2D eigenvalue weighted by atomic mass is 10.0. The summed E-state index contributed by atoms with van der Waals surface area (Å²) < 4.78 is 12.8. The molecule has 2 aromatic carbocycles. The zero-order valence-corrected chi connectivity index (χ0v) is 30.0. The Morgan fingerprint density at radius 3 is 2.42 bits per heavy atom. The van der Waals surface area contributed by atoms with Crippen LogP contribution in [0.3, 0.4) is 0 Å². The predicted octanol–water partition coefficient (Wildman–Crippen LogP) is 2.57. The molecular formula is C38H37N9O8. The van der Waals surface area contributed by atoms with Crippen molar-refractivity contribution in [3.8, 4) is 28.1 Å². The van der Waals surface area contributed by atoms with Gasteiger partial charge in [0.1, 0.15) is 29.1 Å². The van der Waals surface area contributed by atoms with E-state index in [1.807, 2.05) is 42.5 Å². The monoisotopic (exact) mass is 747 g/mol. The second-order valence-corrected chi connectivity index (χ2v) is 13.1. The van der Waals surface area contributed by atoms with Crippen LogP contribution in [0.2, 0.25) is 0 Å². The van der Waals surface area contributed by atoms with E-state index in [4.69, 9.17) is 14.2 Å². The van der Waals surface area contributed by atoms with Crippen molar-refractivity contribution in [3.63, 3.8) is 0 Å². The summed E-state index contributed by atoms with van der Waals surface area (Å²) in [6, 6.07) is 11.2. The lowest BCUT2D eigenvalue weighted by Gasteiger charge is -2.27. The summed E-state index contributed by atoms with van der Waals surface area (Å²) in [5, 5.41) is 15.1. The van der Waals surface area contributed by atoms with Crippen LogP contribution in [-0.2, 0) is 19.2 Å². The Hall–Kier alpha value is -6.91. The highest BCUT2D eigenvalue weighted by Gasteiger charge is 2.46. The van der Waals surface area contributed by atoms with Crippen LogP contribution < -0.4 is 26.0 Å². The Labute approximate surface area is 313 Å². The summed E-state index contributed by atoms with van der Waals surface area (Å²) in [7, 11) is 0. The number of carbonyl (C=O) groups is 6. The summed E-state index contributed by atoms with van der Waals surface area (Å²) in [6.07, 6.45) is 6.26. The Kier molecular flexibility index (Phi) is 10.3. The van der Waals surface area contributed by atoms with Crippen molar-refractivity contribution in [3.05, 3.63) is 83.6 Å². The molecule has 55 heavy (non-hydrogen) atoms. The number of aromatic nitrogens is 4. The van der Waals surface area contributed by atoms with Crippen molar-refractivity contribution in [1.82, 2.24) is 40.4 Å². The van der Waals surface area contributed by atoms with Crippen LogP contribution in [0.15, 0.2) is 65.6 Å². The quantitative estimate of drug-likeness (QED) is 0.0952. The van der Waals surface area contributed by atoms with Gasteiger partial charge >= 0.3 is 0 Å². The highest BCUT2D eigenvalue weighted by Crippen LogP contribution is 2.34. The fourth-order valence-corrected chi connectivity index (χ4v) is 6.70. The lowest BCUT2D eigenvalue weighted by Crippen LogP contribution is -2.54. The van der Waals surface area contributed by atoms with Gasteiger partial charge in [0.15, 0.2) is 12.3 Å². The molecule has 6 amide bonds. The summed E-state index contributed by atoms with van der Waals surface area (Å²) in [5.41, 5.74) is 4.88. The minimum absolute atomic E-state index is 0.00305. The maximum atomic E-state index is 13.2. The van der Waals surface area contributed by atoms with Crippen LogP contribution in [-0.4, -0.2) is 92.2 Å². The molecule has 4 N–H and O–H groups in total. The van der Waals surface area contributed by atoms with Gasteiger partial charge < -0.3 is 25.2 Å².